The second-order valence-corrected chi connectivity index (χ2v) is 5.74. The van der Waals surface area contributed by atoms with E-state index in [2.05, 4.69) is 51.0 Å². The van der Waals surface area contributed by atoms with Crippen LogP contribution in [0.3, 0.4) is 0 Å². The van der Waals surface area contributed by atoms with Crippen molar-refractivity contribution < 1.29 is 9.53 Å². The Morgan fingerprint density at radius 1 is 1.25 bits per heavy atom. The highest BCUT2D eigenvalue weighted by Crippen LogP contribution is 2.21. The van der Waals surface area contributed by atoms with Crippen LogP contribution in [0.5, 0.6) is 0 Å². The maximum Gasteiger partial charge on any atom is 0.305 e. The molecule has 0 unspecified atom stereocenters. The van der Waals surface area contributed by atoms with Gasteiger partial charge >= 0.3 is 5.97 Å². The van der Waals surface area contributed by atoms with E-state index in [1.165, 1.54) is 10.9 Å². The number of nitrogens with zero attached hydrogens (tertiary/aromatic N) is 1. The van der Waals surface area contributed by atoms with E-state index in [1.807, 2.05) is 6.92 Å². The fraction of sp³-hybridized carbons (Fsp3) is 0.438. The highest BCUT2D eigenvalue weighted by atomic mass is 79.9. The Labute approximate surface area is 128 Å². The van der Waals surface area contributed by atoms with Gasteiger partial charge in [0.05, 0.1) is 6.61 Å². The summed E-state index contributed by atoms with van der Waals surface area (Å²) in [6, 6.07) is 8.47. The highest BCUT2D eigenvalue weighted by Gasteiger charge is 2.03. The molecule has 1 heterocycles. The summed E-state index contributed by atoms with van der Waals surface area (Å²) in [4.78, 5) is 11.2. The molecule has 0 atom stereocenters. The Bertz CT molecular complexity index is 577. The molecule has 1 aromatic carbocycles. The summed E-state index contributed by atoms with van der Waals surface area (Å²) < 4.78 is 8.29. The predicted octanol–water partition coefficient (Wildman–Crippen LogP) is 4.53. The van der Waals surface area contributed by atoms with Crippen LogP contribution >= 0.6 is 15.9 Å². The molecule has 0 aliphatic heterocycles. The number of carbonyl (C=O) groups excluding carboxylic acids is 1. The smallest absolute Gasteiger partial charge is 0.305 e. The zero-order valence-corrected chi connectivity index (χ0v) is 13.4. The highest BCUT2D eigenvalue weighted by molar-refractivity contribution is 9.10. The van der Waals surface area contributed by atoms with E-state index in [9.17, 15) is 4.79 Å². The quantitative estimate of drug-likeness (QED) is 0.549. The molecular weight excluding hydrogens is 318 g/mol. The van der Waals surface area contributed by atoms with Crippen LogP contribution in [0.15, 0.2) is 34.9 Å². The normalized spacial score (nSPS) is 10.9. The summed E-state index contributed by atoms with van der Waals surface area (Å²) in [5.74, 6) is -0.0807. The summed E-state index contributed by atoms with van der Waals surface area (Å²) in [7, 11) is 0. The lowest BCUT2D eigenvalue weighted by molar-refractivity contribution is -0.143. The predicted molar refractivity (Wildman–Crippen MR) is 84.7 cm³/mol. The lowest BCUT2D eigenvalue weighted by Gasteiger charge is -2.06. The van der Waals surface area contributed by atoms with Crippen LogP contribution in [0.1, 0.15) is 32.6 Å². The lowest BCUT2D eigenvalue weighted by Crippen LogP contribution is -2.03. The SMILES string of the molecule is CCOC(=O)CCCCCn1ccc2ccc(Br)cc21. The van der Waals surface area contributed by atoms with Gasteiger partial charge in [0.25, 0.3) is 0 Å². The van der Waals surface area contributed by atoms with Gasteiger partial charge in [-0.2, -0.15) is 0 Å². The standard InChI is InChI=1S/C16H20BrNO2/c1-2-20-16(19)6-4-3-5-10-18-11-9-13-7-8-14(17)12-15(13)18/h7-9,11-12H,2-6,10H2,1H3. The Morgan fingerprint density at radius 3 is 2.90 bits per heavy atom. The van der Waals surface area contributed by atoms with E-state index in [1.54, 1.807) is 0 Å². The summed E-state index contributed by atoms with van der Waals surface area (Å²) in [6.07, 6.45) is 5.69. The zero-order chi connectivity index (χ0) is 14.4. The molecular formula is C16H20BrNO2. The van der Waals surface area contributed by atoms with Crippen LogP contribution in [0.4, 0.5) is 0 Å². The van der Waals surface area contributed by atoms with Gasteiger partial charge in [-0.15, -0.1) is 0 Å². The number of hydrogen-bond donors (Lipinski definition) is 0. The van der Waals surface area contributed by atoms with Gasteiger partial charge in [-0.05, 0) is 43.4 Å². The van der Waals surface area contributed by atoms with E-state index in [0.29, 0.717) is 13.0 Å². The minimum atomic E-state index is -0.0807. The van der Waals surface area contributed by atoms with E-state index < -0.39 is 0 Å². The molecule has 2 rings (SSSR count). The fourth-order valence-corrected chi connectivity index (χ4v) is 2.66. The van der Waals surface area contributed by atoms with Crippen molar-refractivity contribution in [1.29, 1.82) is 0 Å². The van der Waals surface area contributed by atoms with Gasteiger partial charge in [-0.3, -0.25) is 4.79 Å². The van der Waals surface area contributed by atoms with Crippen molar-refractivity contribution in [1.82, 2.24) is 4.57 Å². The number of carbonyl (C=O) groups is 1. The number of aryl methyl sites for hydroxylation is 1. The van der Waals surface area contributed by atoms with E-state index in [0.717, 1.165) is 30.3 Å². The largest absolute Gasteiger partial charge is 0.466 e. The van der Waals surface area contributed by atoms with Crippen molar-refractivity contribution >= 4 is 32.8 Å². The van der Waals surface area contributed by atoms with Crippen molar-refractivity contribution in [2.75, 3.05) is 6.61 Å². The van der Waals surface area contributed by atoms with Crippen molar-refractivity contribution in [3.63, 3.8) is 0 Å². The summed E-state index contributed by atoms with van der Waals surface area (Å²) >= 11 is 3.51. The molecule has 108 valence electrons. The van der Waals surface area contributed by atoms with Gasteiger partial charge in [0, 0.05) is 29.2 Å². The van der Waals surface area contributed by atoms with E-state index in [-0.39, 0.29) is 5.97 Å². The fourth-order valence-electron chi connectivity index (χ4n) is 2.31. The first kappa shape index (κ1) is 15.1. The van der Waals surface area contributed by atoms with Crippen LogP contribution < -0.4 is 0 Å². The number of ether oxygens (including phenoxy) is 1. The lowest BCUT2D eigenvalue weighted by atomic mass is 10.2. The molecule has 0 spiro atoms. The Hall–Kier alpha value is -1.29. The van der Waals surface area contributed by atoms with Crippen LogP contribution in [0.25, 0.3) is 10.9 Å². The number of benzene rings is 1. The number of hydrogen-bond acceptors (Lipinski definition) is 2. The molecule has 0 radical (unpaired) electrons. The Morgan fingerprint density at radius 2 is 2.10 bits per heavy atom. The molecule has 0 saturated carbocycles. The van der Waals surface area contributed by atoms with Gasteiger partial charge in [0.15, 0.2) is 0 Å². The molecule has 0 saturated heterocycles. The second-order valence-electron chi connectivity index (χ2n) is 4.83. The summed E-state index contributed by atoms with van der Waals surface area (Å²) in [5.41, 5.74) is 1.25. The van der Waals surface area contributed by atoms with Crippen LogP contribution in [-0.4, -0.2) is 17.1 Å². The molecule has 4 heteroatoms. The number of halogens is 1. The minimum absolute atomic E-state index is 0.0807. The first-order valence-electron chi connectivity index (χ1n) is 7.10. The third kappa shape index (κ3) is 4.10. The number of esters is 1. The number of fused-ring (bicyclic) bond motifs is 1. The molecule has 0 fully saturated rings. The minimum Gasteiger partial charge on any atom is -0.466 e. The molecule has 0 aliphatic carbocycles. The molecule has 0 amide bonds. The van der Waals surface area contributed by atoms with Crippen molar-refractivity contribution in [2.24, 2.45) is 0 Å². The number of unbranched alkanes of at least 4 members (excludes halogenated alkanes) is 2. The Kier molecular flexibility index (Phi) is 5.65. The number of aromatic nitrogens is 1. The van der Waals surface area contributed by atoms with Gasteiger partial charge in [-0.1, -0.05) is 28.4 Å². The second kappa shape index (κ2) is 7.48. The van der Waals surface area contributed by atoms with Crippen molar-refractivity contribution in [2.45, 2.75) is 39.2 Å². The van der Waals surface area contributed by atoms with Crippen LogP contribution in [0, 0.1) is 0 Å². The average molecular weight is 338 g/mol. The summed E-state index contributed by atoms with van der Waals surface area (Å²) in [5, 5.41) is 1.26. The first-order valence-corrected chi connectivity index (χ1v) is 7.90. The van der Waals surface area contributed by atoms with Crippen LogP contribution in [0.2, 0.25) is 0 Å². The van der Waals surface area contributed by atoms with Crippen LogP contribution in [-0.2, 0) is 16.1 Å². The molecule has 2 aromatic rings. The third-order valence-electron chi connectivity index (χ3n) is 3.32. The zero-order valence-electron chi connectivity index (χ0n) is 11.8. The molecule has 1 aromatic heterocycles. The maximum atomic E-state index is 11.2. The van der Waals surface area contributed by atoms with Gasteiger partial charge in [-0.25, -0.2) is 0 Å². The van der Waals surface area contributed by atoms with Crippen molar-refractivity contribution in [3.05, 3.63) is 34.9 Å². The molecule has 3 nitrogen and oxygen atoms in total. The Balaban J connectivity index is 1.78. The number of rotatable bonds is 7. The summed E-state index contributed by atoms with van der Waals surface area (Å²) in [6.45, 7) is 3.30. The average Bonchev–Trinajstić information content (AvgIpc) is 2.81. The monoisotopic (exact) mass is 337 g/mol. The molecule has 0 N–H and O–H groups in total. The molecule has 0 aliphatic rings. The molecule has 20 heavy (non-hydrogen) atoms. The van der Waals surface area contributed by atoms with Gasteiger partial charge < -0.3 is 9.30 Å². The van der Waals surface area contributed by atoms with Gasteiger partial charge in [0.2, 0.25) is 0 Å². The third-order valence-corrected chi connectivity index (χ3v) is 3.81. The maximum absolute atomic E-state index is 11.2. The first-order chi connectivity index (χ1) is 9.70. The molecule has 0 bridgehead atoms. The topological polar surface area (TPSA) is 31.2 Å². The van der Waals surface area contributed by atoms with E-state index in [4.69, 9.17) is 4.74 Å². The van der Waals surface area contributed by atoms with Crippen molar-refractivity contribution in [3.8, 4) is 0 Å². The van der Waals surface area contributed by atoms with Gasteiger partial charge in [0.1, 0.15) is 0 Å². The van der Waals surface area contributed by atoms with E-state index >= 15 is 0 Å².